The van der Waals surface area contributed by atoms with Crippen molar-refractivity contribution < 1.29 is 14.4 Å². The second-order valence-corrected chi connectivity index (χ2v) is 10.9. The lowest BCUT2D eigenvalue weighted by Gasteiger charge is -2.59. The van der Waals surface area contributed by atoms with Crippen LogP contribution < -0.4 is 0 Å². The molecule has 0 aliphatic heterocycles. The molecule has 0 saturated heterocycles. The van der Waals surface area contributed by atoms with Gasteiger partial charge in [0.15, 0.2) is 10.9 Å². The number of carbonyl (C=O) groups is 3. The zero-order valence-corrected chi connectivity index (χ0v) is 17.7. The molecule has 0 spiro atoms. The van der Waals surface area contributed by atoms with E-state index in [1.807, 2.05) is 6.08 Å². The highest BCUT2D eigenvalue weighted by Crippen LogP contribution is 2.67. The molecule has 0 amide bonds. The van der Waals surface area contributed by atoms with E-state index in [-0.39, 0.29) is 27.6 Å². The molecule has 6 atom stereocenters. The Balaban J connectivity index is 1.68. The molecule has 0 radical (unpaired) electrons. The topological polar surface area (TPSA) is 51.2 Å². The van der Waals surface area contributed by atoms with Gasteiger partial charge in [-0.25, -0.2) is 0 Å². The Morgan fingerprint density at radius 3 is 2.56 bits per heavy atom. The van der Waals surface area contributed by atoms with Gasteiger partial charge in [-0.15, -0.1) is 0 Å². The second kappa shape index (κ2) is 6.86. The van der Waals surface area contributed by atoms with Gasteiger partial charge in [0.2, 0.25) is 0 Å². The van der Waals surface area contributed by atoms with E-state index >= 15 is 0 Å². The molecule has 0 bridgehead atoms. The van der Waals surface area contributed by atoms with Crippen LogP contribution >= 0.6 is 11.8 Å². The third-order valence-corrected chi connectivity index (χ3v) is 9.78. The molecule has 4 rings (SSSR count). The number of carbonyl (C=O) groups excluding carboxylic acids is 3. The minimum Gasteiger partial charge on any atom is -0.300 e. The number of hydrogen-bond acceptors (Lipinski definition) is 4. The maximum absolute atomic E-state index is 12.3. The minimum atomic E-state index is 0.0306. The minimum absolute atomic E-state index is 0.0306. The van der Waals surface area contributed by atoms with Crippen molar-refractivity contribution in [2.45, 2.75) is 72.1 Å². The fourth-order valence-corrected chi connectivity index (χ4v) is 8.53. The Bertz CT molecular complexity index is 710. The number of hydrogen-bond donors (Lipinski definition) is 0. The number of fused-ring (bicyclic) bond motifs is 5. The van der Waals surface area contributed by atoms with Crippen molar-refractivity contribution in [1.82, 2.24) is 0 Å². The molecule has 0 N–H and O–H groups in total. The monoisotopic (exact) mass is 388 g/mol. The summed E-state index contributed by atoms with van der Waals surface area (Å²) in [4.78, 5) is 36.2. The molecule has 3 saturated carbocycles. The van der Waals surface area contributed by atoms with Crippen LogP contribution in [0.1, 0.15) is 72.1 Å². The van der Waals surface area contributed by atoms with Crippen molar-refractivity contribution >= 4 is 28.4 Å². The Labute approximate surface area is 167 Å². The lowest BCUT2D eigenvalue weighted by Crippen LogP contribution is -2.53. The van der Waals surface area contributed by atoms with Crippen molar-refractivity contribution in [3.8, 4) is 0 Å². The first-order valence-corrected chi connectivity index (χ1v) is 11.6. The maximum atomic E-state index is 12.3. The standard InChI is InChI=1S/C23H32O3S/c1-14(24)19-6-7-20-18-5-4-16-12-17(26)8-11-23(16,13-27-15(2)25)21(18)9-10-22(19,20)3/h12,18-21H,4-11,13H2,1-3H3/t18?,19?,20?,21?,22-,23?/m1/s1. The van der Waals surface area contributed by atoms with Gasteiger partial charge in [-0.05, 0) is 81.1 Å². The summed E-state index contributed by atoms with van der Waals surface area (Å²) in [5.74, 6) is 3.55. The maximum Gasteiger partial charge on any atom is 0.185 e. The van der Waals surface area contributed by atoms with Gasteiger partial charge >= 0.3 is 0 Å². The molecule has 27 heavy (non-hydrogen) atoms. The third-order valence-electron chi connectivity index (χ3n) is 8.71. The summed E-state index contributed by atoms with van der Waals surface area (Å²) in [6, 6.07) is 0. The van der Waals surface area contributed by atoms with Crippen molar-refractivity contribution in [1.29, 1.82) is 0 Å². The van der Waals surface area contributed by atoms with Crippen molar-refractivity contribution in [3.63, 3.8) is 0 Å². The summed E-state index contributed by atoms with van der Waals surface area (Å²) >= 11 is 1.46. The van der Waals surface area contributed by atoms with Gasteiger partial charge in [0.1, 0.15) is 5.78 Å². The lowest BCUT2D eigenvalue weighted by atomic mass is 9.46. The van der Waals surface area contributed by atoms with Crippen LogP contribution in [0.4, 0.5) is 0 Å². The summed E-state index contributed by atoms with van der Waals surface area (Å²) < 4.78 is 0. The molecular formula is C23H32O3S. The van der Waals surface area contributed by atoms with E-state index in [4.69, 9.17) is 0 Å². The number of thioether (sulfide) groups is 1. The van der Waals surface area contributed by atoms with Crippen LogP contribution in [0.2, 0.25) is 0 Å². The fourth-order valence-electron chi connectivity index (χ4n) is 7.53. The van der Waals surface area contributed by atoms with Crippen LogP contribution in [-0.2, 0) is 14.4 Å². The van der Waals surface area contributed by atoms with E-state index < -0.39 is 0 Å². The van der Waals surface area contributed by atoms with E-state index in [1.54, 1.807) is 13.8 Å². The molecule has 148 valence electrons. The van der Waals surface area contributed by atoms with Crippen LogP contribution in [0.3, 0.4) is 0 Å². The highest BCUT2D eigenvalue weighted by molar-refractivity contribution is 8.13. The van der Waals surface area contributed by atoms with E-state index in [2.05, 4.69) is 6.92 Å². The number of Topliss-reactive ketones (excluding diaryl/α,β-unsaturated/α-hetero) is 1. The smallest absolute Gasteiger partial charge is 0.185 e. The highest BCUT2D eigenvalue weighted by Gasteiger charge is 2.60. The molecule has 3 fully saturated rings. The summed E-state index contributed by atoms with van der Waals surface area (Å²) in [5, 5.41) is 0.181. The third kappa shape index (κ3) is 2.97. The van der Waals surface area contributed by atoms with Gasteiger partial charge in [-0.1, -0.05) is 24.3 Å². The van der Waals surface area contributed by atoms with Crippen LogP contribution in [0.5, 0.6) is 0 Å². The number of rotatable bonds is 3. The van der Waals surface area contributed by atoms with E-state index in [0.717, 1.165) is 44.3 Å². The molecule has 0 heterocycles. The molecule has 3 nitrogen and oxygen atoms in total. The molecule has 0 aromatic carbocycles. The summed E-state index contributed by atoms with van der Waals surface area (Å²) in [6.45, 7) is 5.81. The number of allylic oxidation sites excluding steroid dienone is 1. The summed E-state index contributed by atoms with van der Waals surface area (Å²) in [6.07, 6.45) is 10.1. The Kier molecular flexibility index (Phi) is 4.93. The molecule has 5 unspecified atom stereocenters. The van der Waals surface area contributed by atoms with E-state index in [9.17, 15) is 14.4 Å². The second-order valence-electron chi connectivity index (χ2n) is 9.77. The van der Waals surface area contributed by atoms with Gasteiger partial charge in [-0.2, -0.15) is 0 Å². The van der Waals surface area contributed by atoms with Gasteiger partial charge in [0, 0.05) is 30.4 Å². The predicted molar refractivity (Wildman–Crippen MR) is 108 cm³/mol. The van der Waals surface area contributed by atoms with Crippen LogP contribution in [0.15, 0.2) is 11.6 Å². The Hall–Kier alpha value is -0.900. The van der Waals surface area contributed by atoms with Crippen LogP contribution in [0, 0.1) is 34.5 Å². The Morgan fingerprint density at radius 2 is 1.85 bits per heavy atom. The van der Waals surface area contributed by atoms with Gasteiger partial charge in [0.25, 0.3) is 0 Å². The zero-order chi connectivity index (χ0) is 19.4. The van der Waals surface area contributed by atoms with Crippen molar-refractivity contribution in [2.24, 2.45) is 34.5 Å². The Morgan fingerprint density at radius 1 is 1.07 bits per heavy atom. The predicted octanol–water partition coefficient (Wildman–Crippen LogP) is 4.98. The first-order valence-electron chi connectivity index (χ1n) is 10.7. The van der Waals surface area contributed by atoms with Gasteiger partial charge in [0.05, 0.1) is 0 Å². The number of ketones is 2. The molecule has 0 aromatic heterocycles. The highest BCUT2D eigenvalue weighted by atomic mass is 32.2. The largest absolute Gasteiger partial charge is 0.300 e. The summed E-state index contributed by atoms with van der Waals surface area (Å²) in [7, 11) is 0. The molecule has 0 aromatic rings. The lowest BCUT2D eigenvalue weighted by molar-refractivity contribution is -0.128. The van der Waals surface area contributed by atoms with E-state index in [1.165, 1.54) is 23.8 Å². The average Bonchev–Trinajstić information content (AvgIpc) is 2.97. The first-order chi connectivity index (χ1) is 12.8. The normalized spacial score (nSPS) is 43.4. The fraction of sp³-hybridized carbons (Fsp3) is 0.783. The molecule has 4 aliphatic carbocycles. The average molecular weight is 389 g/mol. The van der Waals surface area contributed by atoms with Gasteiger partial charge in [-0.3, -0.25) is 14.4 Å². The quantitative estimate of drug-likeness (QED) is 0.684. The SMILES string of the molecule is CC(=O)SCC12CCC(=O)C=C1CCC1C2CC[C@]2(C)C(C(C)=O)CCC12. The van der Waals surface area contributed by atoms with Crippen LogP contribution in [-0.4, -0.2) is 22.4 Å². The van der Waals surface area contributed by atoms with Crippen molar-refractivity contribution in [2.75, 3.05) is 5.75 Å². The molecular weight excluding hydrogens is 356 g/mol. The van der Waals surface area contributed by atoms with E-state index in [0.29, 0.717) is 30.0 Å². The molecule has 4 heteroatoms. The first kappa shape index (κ1) is 19.4. The van der Waals surface area contributed by atoms with Gasteiger partial charge < -0.3 is 0 Å². The van der Waals surface area contributed by atoms with Crippen LogP contribution in [0.25, 0.3) is 0 Å². The molecule has 4 aliphatic rings. The van der Waals surface area contributed by atoms with Crippen molar-refractivity contribution in [3.05, 3.63) is 11.6 Å². The zero-order valence-electron chi connectivity index (χ0n) is 16.9. The summed E-state index contributed by atoms with van der Waals surface area (Å²) in [5.41, 5.74) is 1.52.